The smallest absolute Gasteiger partial charge is 0.0450 e. The molecule has 2 aliphatic heterocycles. The van der Waals surface area contributed by atoms with Crippen molar-refractivity contribution in [3.05, 3.63) is 64.7 Å². The van der Waals surface area contributed by atoms with Crippen molar-refractivity contribution in [3.63, 3.8) is 0 Å². The maximum atomic E-state index is 6.08. The summed E-state index contributed by atoms with van der Waals surface area (Å²) >= 11 is 6.08. The molecule has 2 saturated heterocycles. The van der Waals surface area contributed by atoms with Gasteiger partial charge in [0, 0.05) is 28.3 Å². The molecule has 2 heterocycles. The summed E-state index contributed by atoms with van der Waals surface area (Å²) in [6.45, 7) is 5.77. The number of hydrogen-bond acceptors (Lipinski definition) is 2. The Balaban J connectivity index is 1.71. The first-order valence-corrected chi connectivity index (χ1v) is 9.77. The second-order valence-electron chi connectivity index (χ2n) is 7.98. The number of rotatable bonds is 3. The van der Waals surface area contributed by atoms with E-state index >= 15 is 0 Å². The molecule has 0 bridgehead atoms. The molecule has 2 aromatic rings. The Morgan fingerprint density at radius 1 is 1.20 bits per heavy atom. The van der Waals surface area contributed by atoms with Gasteiger partial charge >= 0.3 is 0 Å². The maximum Gasteiger partial charge on any atom is 0.0450 e. The van der Waals surface area contributed by atoms with Crippen molar-refractivity contribution in [1.29, 1.82) is 0 Å². The molecule has 0 aromatic heterocycles. The lowest BCUT2D eigenvalue weighted by Crippen LogP contribution is -2.50. The Labute approximate surface area is 156 Å². The van der Waals surface area contributed by atoms with E-state index in [-0.39, 0.29) is 5.54 Å². The van der Waals surface area contributed by atoms with Crippen LogP contribution < -0.4 is 10.2 Å². The van der Waals surface area contributed by atoms with Crippen molar-refractivity contribution in [2.24, 2.45) is 0 Å². The number of halogens is 1. The van der Waals surface area contributed by atoms with Gasteiger partial charge in [0.1, 0.15) is 0 Å². The van der Waals surface area contributed by atoms with Crippen LogP contribution >= 0.6 is 11.6 Å². The van der Waals surface area contributed by atoms with Crippen molar-refractivity contribution in [2.75, 3.05) is 11.4 Å². The number of hydrogen-bond donors (Lipinski definition) is 1. The summed E-state index contributed by atoms with van der Waals surface area (Å²) in [4.78, 5) is 2.71. The largest absolute Gasteiger partial charge is 0.361 e. The molecule has 0 radical (unpaired) electrons. The first-order valence-electron chi connectivity index (χ1n) is 9.39. The van der Waals surface area contributed by atoms with E-state index in [0.29, 0.717) is 12.1 Å². The predicted octanol–water partition coefficient (Wildman–Crippen LogP) is 4.98. The quantitative estimate of drug-likeness (QED) is 0.836. The zero-order valence-electron chi connectivity index (χ0n) is 15.1. The number of benzene rings is 2. The third-order valence-corrected chi connectivity index (χ3v) is 6.15. The van der Waals surface area contributed by atoms with Crippen molar-refractivity contribution in [2.45, 2.75) is 57.2 Å². The second kappa shape index (κ2) is 6.66. The number of aryl methyl sites for hydroxylation is 1. The van der Waals surface area contributed by atoms with Gasteiger partial charge in [-0.15, -0.1) is 0 Å². The monoisotopic (exact) mass is 354 g/mol. The molecule has 2 nitrogen and oxygen atoms in total. The van der Waals surface area contributed by atoms with Crippen molar-refractivity contribution >= 4 is 17.3 Å². The summed E-state index contributed by atoms with van der Waals surface area (Å²) in [5.41, 5.74) is 4.18. The molecule has 0 amide bonds. The minimum Gasteiger partial charge on any atom is -0.361 e. The molecule has 2 aromatic carbocycles. The molecule has 0 aliphatic carbocycles. The zero-order chi connectivity index (χ0) is 17.4. The Hall–Kier alpha value is -1.51. The highest BCUT2D eigenvalue weighted by atomic mass is 35.5. The van der Waals surface area contributed by atoms with Crippen LogP contribution in [0.5, 0.6) is 0 Å². The van der Waals surface area contributed by atoms with Crippen LogP contribution in [0, 0.1) is 6.92 Å². The third kappa shape index (κ3) is 3.30. The summed E-state index contributed by atoms with van der Waals surface area (Å²) in [5.74, 6) is 0. The van der Waals surface area contributed by atoms with Gasteiger partial charge in [0.2, 0.25) is 0 Å². The zero-order valence-corrected chi connectivity index (χ0v) is 15.9. The number of piperidine rings is 1. The highest BCUT2D eigenvalue weighted by Crippen LogP contribution is 2.43. The SMILES string of the molecule is Cc1cccc(N2[C@H]3CCCN[C@H]3C[C@@]2(C)Cc2ccc(Cl)cc2)c1. The highest BCUT2D eigenvalue weighted by Gasteiger charge is 2.49. The van der Waals surface area contributed by atoms with Gasteiger partial charge in [0.05, 0.1) is 0 Å². The number of nitrogens with one attached hydrogen (secondary N) is 1. The first kappa shape index (κ1) is 16.9. The summed E-state index contributed by atoms with van der Waals surface area (Å²) < 4.78 is 0. The highest BCUT2D eigenvalue weighted by molar-refractivity contribution is 6.30. The molecule has 3 heteroatoms. The summed E-state index contributed by atoms with van der Waals surface area (Å²) in [6, 6.07) is 18.6. The molecule has 1 N–H and O–H groups in total. The Kier molecular flexibility index (Phi) is 4.51. The van der Waals surface area contributed by atoms with E-state index in [4.69, 9.17) is 11.6 Å². The molecule has 132 valence electrons. The van der Waals surface area contributed by atoms with Crippen molar-refractivity contribution in [1.82, 2.24) is 5.32 Å². The normalized spacial score (nSPS) is 28.8. The van der Waals surface area contributed by atoms with Gasteiger partial charge in [-0.2, -0.15) is 0 Å². The van der Waals surface area contributed by atoms with Crippen LogP contribution in [0.1, 0.15) is 37.3 Å². The lowest BCUT2D eigenvalue weighted by molar-refractivity contribution is 0.381. The number of nitrogens with zero attached hydrogens (tertiary/aromatic N) is 1. The Bertz CT molecular complexity index is 742. The molecule has 2 fully saturated rings. The van der Waals surface area contributed by atoms with Gasteiger partial charge in [0.25, 0.3) is 0 Å². The molecule has 4 rings (SSSR count). The first-order chi connectivity index (χ1) is 12.0. The molecular weight excluding hydrogens is 328 g/mol. The van der Waals surface area contributed by atoms with Crippen molar-refractivity contribution in [3.8, 4) is 0 Å². The topological polar surface area (TPSA) is 15.3 Å². The fourth-order valence-corrected chi connectivity index (χ4v) is 5.03. The molecule has 0 spiro atoms. The summed E-state index contributed by atoms with van der Waals surface area (Å²) in [6.07, 6.45) is 4.78. The number of anilines is 1. The van der Waals surface area contributed by atoms with Crippen LogP contribution in [0.15, 0.2) is 48.5 Å². The van der Waals surface area contributed by atoms with Crippen LogP contribution in [-0.2, 0) is 6.42 Å². The summed E-state index contributed by atoms with van der Waals surface area (Å²) in [7, 11) is 0. The summed E-state index contributed by atoms with van der Waals surface area (Å²) in [5, 5.41) is 4.59. The molecule has 2 aliphatic rings. The van der Waals surface area contributed by atoms with E-state index in [2.05, 4.69) is 60.5 Å². The van der Waals surface area contributed by atoms with Crippen LogP contribution in [-0.4, -0.2) is 24.2 Å². The van der Waals surface area contributed by atoms with Crippen LogP contribution in [0.25, 0.3) is 0 Å². The maximum absolute atomic E-state index is 6.08. The minimum absolute atomic E-state index is 0.119. The molecule has 0 unspecified atom stereocenters. The fraction of sp³-hybridized carbons (Fsp3) is 0.455. The Morgan fingerprint density at radius 3 is 2.76 bits per heavy atom. The average Bonchev–Trinajstić information content (AvgIpc) is 2.88. The van der Waals surface area contributed by atoms with E-state index in [1.54, 1.807) is 0 Å². The lowest BCUT2D eigenvalue weighted by atomic mass is 9.88. The van der Waals surface area contributed by atoms with Gasteiger partial charge in [-0.05, 0) is 81.5 Å². The van der Waals surface area contributed by atoms with Gasteiger partial charge in [0.15, 0.2) is 0 Å². The third-order valence-electron chi connectivity index (χ3n) is 5.90. The fourth-order valence-electron chi connectivity index (χ4n) is 4.91. The molecular formula is C22H27ClN2. The van der Waals surface area contributed by atoms with E-state index < -0.39 is 0 Å². The molecule has 0 saturated carbocycles. The second-order valence-corrected chi connectivity index (χ2v) is 8.42. The molecule has 3 atom stereocenters. The average molecular weight is 355 g/mol. The van der Waals surface area contributed by atoms with Gasteiger partial charge in [-0.1, -0.05) is 35.9 Å². The van der Waals surface area contributed by atoms with E-state index in [1.165, 1.54) is 36.1 Å². The van der Waals surface area contributed by atoms with Crippen LogP contribution in [0.4, 0.5) is 5.69 Å². The van der Waals surface area contributed by atoms with E-state index in [9.17, 15) is 0 Å². The Morgan fingerprint density at radius 2 is 2.00 bits per heavy atom. The number of fused-ring (bicyclic) bond motifs is 1. The minimum atomic E-state index is 0.119. The standard InChI is InChI=1S/C22H27ClN2/c1-16-5-3-6-19(13-16)25-21-7-4-12-24-20(21)15-22(25,2)14-17-8-10-18(23)11-9-17/h3,5-6,8-11,13,20-21,24H,4,7,12,14-15H2,1-2H3/t20-,21-,22+/m0/s1. The van der Waals surface area contributed by atoms with Crippen molar-refractivity contribution < 1.29 is 0 Å². The van der Waals surface area contributed by atoms with Gasteiger partial charge in [-0.3, -0.25) is 0 Å². The lowest BCUT2D eigenvalue weighted by Gasteiger charge is -2.42. The molecule has 25 heavy (non-hydrogen) atoms. The predicted molar refractivity (Wildman–Crippen MR) is 107 cm³/mol. The van der Waals surface area contributed by atoms with E-state index in [0.717, 1.165) is 18.0 Å². The van der Waals surface area contributed by atoms with Crippen LogP contribution in [0.3, 0.4) is 0 Å². The van der Waals surface area contributed by atoms with Gasteiger partial charge in [-0.25, -0.2) is 0 Å². The van der Waals surface area contributed by atoms with Crippen LogP contribution in [0.2, 0.25) is 5.02 Å². The van der Waals surface area contributed by atoms with Gasteiger partial charge < -0.3 is 10.2 Å². The van der Waals surface area contributed by atoms with E-state index in [1.807, 2.05) is 12.1 Å².